The second-order valence-electron chi connectivity index (χ2n) is 10.5. The summed E-state index contributed by atoms with van der Waals surface area (Å²) in [5, 5.41) is -0.233. The maximum Gasteiger partial charge on any atom is 0.293 e. The standard InChI is InChI=1S/C28H28BrNO3S/c1-33-24-7-6-22(28-13-17-8-18(14-28)10-19(9-17)15-28)11-21(24)12-25-26(31)30(27(32)34-25)16-20-4-2-3-5-23(20)29/h2-7,11-12,17-19H,8-10,13-16H2,1H3/b25-12+. The topological polar surface area (TPSA) is 46.6 Å². The van der Waals surface area contributed by atoms with Crippen LogP contribution in [0.5, 0.6) is 5.75 Å². The van der Waals surface area contributed by atoms with E-state index in [2.05, 4.69) is 28.1 Å². The van der Waals surface area contributed by atoms with E-state index in [1.165, 1.54) is 49.0 Å². The number of benzene rings is 2. The molecule has 0 atom stereocenters. The van der Waals surface area contributed by atoms with Crippen molar-refractivity contribution >= 4 is 44.9 Å². The first-order chi connectivity index (χ1) is 16.4. The van der Waals surface area contributed by atoms with Crippen molar-refractivity contribution in [2.45, 2.75) is 50.5 Å². The van der Waals surface area contributed by atoms with Crippen molar-refractivity contribution in [3.63, 3.8) is 0 Å². The molecule has 0 unspecified atom stereocenters. The largest absolute Gasteiger partial charge is 0.496 e. The Morgan fingerprint density at radius 1 is 1.06 bits per heavy atom. The number of halogens is 1. The molecule has 2 amide bonds. The molecule has 7 rings (SSSR count). The van der Waals surface area contributed by atoms with Crippen LogP contribution in [-0.2, 0) is 16.8 Å². The van der Waals surface area contributed by atoms with E-state index in [0.29, 0.717) is 4.91 Å². The molecule has 2 aromatic carbocycles. The highest BCUT2D eigenvalue weighted by molar-refractivity contribution is 9.10. The van der Waals surface area contributed by atoms with E-state index in [9.17, 15) is 9.59 Å². The summed E-state index contributed by atoms with van der Waals surface area (Å²) in [4.78, 5) is 27.7. The van der Waals surface area contributed by atoms with Gasteiger partial charge in [0.2, 0.25) is 0 Å². The number of imide groups is 1. The lowest BCUT2D eigenvalue weighted by atomic mass is 9.48. The van der Waals surface area contributed by atoms with Crippen molar-refractivity contribution in [2.75, 3.05) is 7.11 Å². The predicted molar refractivity (Wildman–Crippen MR) is 138 cm³/mol. The van der Waals surface area contributed by atoms with Crippen molar-refractivity contribution < 1.29 is 14.3 Å². The van der Waals surface area contributed by atoms with E-state index >= 15 is 0 Å². The summed E-state index contributed by atoms with van der Waals surface area (Å²) in [5.41, 5.74) is 3.45. The van der Waals surface area contributed by atoms with Crippen LogP contribution < -0.4 is 4.74 Å². The van der Waals surface area contributed by atoms with Crippen molar-refractivity contribution in [1.82, 2.24) is 4.90 Å². The summed E-state index contributed by atoms with van der Waals surface area (Å²) in [6.45, 7) is 0.258. The SMILES string of the molecule is COc1ccc(C23CC4CC(CC(C4)C2)C3)cc1/C=C1/SC(=O)N(Cc2ccccc2Br)C1=O. The van der Waals surface area contributed by atoms with Crippen molar-refractivity contribution in [3.05, 3.63) is 68.5 Å². The summed E-state index contributed by atoms with van der Waals surface area (Å²) in [5.74, 6) is 3.10. The van der Waals surface area contributed by atoms with Crippen LogP contribution in [0.4, 0.5) is 4.79 Å². The second-order valence-corrected chi connectivity index (χ2v) is 12.4. The van der Waals surface area contributed by atoms with Crippen molar-refractivity contribution in [3.8, 4) is 5.75 Å². The van der Waals surface area contributed by atoms with Gasteiger partial charge < -0.3 is 4.74 Å². The van der Waals surface area contributed by atoms with Gasteiger partial charge in [0.25, 0.3) is 11.1 Å². The molecule has 1 heterocycles. The van der Waals surface area contributed by atoms with Crippen LogP contribution in [0.1, 0.15) is 55.2 Å². The van der Waals surface area contributed by atoms with Gasteiger partial charge in [-0.05, 0) is 109 Å². The first-order valence-corrected chi connectivity index (χ1v) is 13.7. The molecule has 4 bridgehead atoms. The first kappa shape index (κ1) is 22.4. The summed E-state index contributed by atoms with van der Waals surface area (Å²) in [6.07, 6.45) is 9.94. The quantitative estimate of drug-likeness (QED) is 0.379. The summed E-state index contributed by atoms with van der Waals surface area (Å²) < 4.78 is 6.55. The lowest BCUT2D eigenvalue weighted by Crippen LogP contribution is -2.48. The number of hydrogen-bond acceptors (Lipinski definition) is 4. The van der Waals surface area contributed by atoms with Crippen LogP contribution in [0.15, 0.2) is 51.8 Å². The number of thioether (sulfide) groups is 1. The Bertz CT molecular complexity index is 1170. The van der Waals surface area contributed by atoms with E-state index in [1.807, 2.05) is 36.4 Å². The molecule has 2 aromatic rings. The monoisotopic (exact) mass is 537 g/mol. The Morgan fingerprint density at radius 2 is 1.74 bits per heavy atom. The molecule has 5 fully saturated rings. The van der Waals surface area contributed by atoms with Gasteiger partial charge in [-0.1, -0.05) is 40.2 Å². The van der Waals surface area contributed by atoms with Crippen LogP contribution in [-0.4, -0.2) is 23.2 Å². The molecular weight excluding hydrogens is 510 g/mol. The van der Waals surface area contributed by atoms with Crippen LogP contribution in [0.2, 0.25) is 0 Å². The van der Waals surface area contributed by atoms with E-state index in [4.69, 9.17) is 4.74 Å². The molecule has 176 valence electrons. The normalized spacial score (nSPS) is 31.1. The Balaban J connectivity index is 1.31. The number of methoxy groups -OCH3 is 1. The number of nitrogens with zero attached hydrogens (tertiary/aromatic N) is 1. The first-order valence-electron chi connectivity index (χ1n) is 12.1. The number of carbonyl (C=O) groups is 2. The molecule has 34 heavy (non-hydrogen) atoms. The molecule has 0 spiro atoms. The fourth-order valence-electron chi connectivity index (χ4n) is 7.22. The molecule has 1 aliphatic heterocycles. The maximum absolute atomic E-state index is 13.2. The zero-order valence-corrected chi connectivity index (χ0v) is 21.7. The number of ether oxygens (including phenoxy) is 1. The smallest absolute Gasteiger partial charge is 0.293 e. The molecule has 4 saturated carbocycles. The molecule has 0 N–H and O–H groups in total. The average Bonchev–Trinajstić information content (AvgIpc) is 3.07. The molecule has 0 radical (unpaired) electrons. The number of rotatable bonds is 5. The summed E-state index contributed by atoms with van der Waals surface area (Å²) in [6, 6.07) is 14.2. The van der Waals surface area contributed by atoms with Gasteiger partial charge in [-0.25, -0.2) is 0 Å². The molecule has 6 heteroatoms. The number of carbonyl (C=O) groups excluding carboxylic acids is 2. The maximum atomic E-state index is 13.2. The van der Waals surface area contributed by atoms with E-state index in [0.717, 1.165) is 50.9 Å². The fraction of sp³-hybridized carbons (Fsp3) is 0.429. The lowest BCUT2D eigenvalue weighted by molar-refractivity contribution is -0.123. The van der Waals surface area contributed by atoms with Crippen LogP contribution >= 0.6 is 27.7 Å². The third kappa shape index (κ3) is 3.83. The third-order valence-electron chi connectivity index (χ3n) is 8.33. The average molecular weight is 539 g/mol. The van der Waals surface area contributed by atoms with Gasteiger partial charge >= 0.3 is 0 Å². The van der Waals surface area contributed by atoms with Gasteiger partial charge in [-0.3, -0.25) is 14.5 Å². The minimum atomic E-state index is -0.243. The summed E-state index contributed by atoms with van der Waals surface area (Å²) >= 11 is 4.53. The Kier molecular flexibility index (Phi) is 5.64. The highest BCUT2D eigenvalue weighted by Gasteiger charge is 2.51. The minimum Gasteiger partial charge on any atom is -0.496 e. The predicted octanol–water partition coefficient (Wildman–Crippen LogP) is 7.16. The molecule has 0 aromatic heterocycles. The van der Waals surface area contributed by atoms with Gasteiger partial charge in [-0.15, -0.1) is 0 Å². The third-order valence-corrected chi connectivity index (χ3v) is 10.0. The zero-order valence-electron chi connectivity index (χ0n) is 19.3. The van der Waals surface area contributed by atoms with Crippen molar-refractivity contribution in [1.29, 1.82) is 0 Å². The van der Waals surface area contributed by atoms with Crippen LogP contribution in [0.3, 0.4) is 0 Å². The highest BCUT2D eigenvalue weighted by atomic mass is 79.9. The molecular formula is C28H28BrNO3S. The Morgan fingerprint density at radius 3 is 2.38 bits per heavy atom. The number of amides is 2. The summed E-state index contributed by atoms with van der Waals surface area (Å²) in [7, 11) is 1.66. The minimum absolute atomic E-state index is 0.233. The van der Waals surface area contributed by atoms with Gasteiger partial charge in [0.15, 0.2) is 0 Å². The van der Waals surface area contributed by atoms with E-state index < -0.39 is 0 Å². The molecule has 4 aliphatic carbocycles. The highest BCUT2D eigenvalue weighted by Crippen LogP contribution is 2.61. The second kappa shape index (κ2) is 8.56. The van der Waals surface area contributed by atoms with Gasteiger partial charge in [0, 0.05) is 10.0 Å². The number of hydrogen-bond donors (Lipinski definition) is 0. The van der Waals surface area contributed by atoms with Crippen LogP contribution in [0, 0.1) is 17.8 Å². The fourth-order valence-corrected chi connectivity index (χ4v) is 8.46. The molecule has 4 nitrogen and oxygen atoms in total. The zero-order chi connectivity index (χ0) is 23.4. The lowest BCUT2D eigenvalue weighted by Gasteiger charge is -2.57. The van der Waals surface area contributed by atoms with E-state index in [1.54, 1.807) is 7.11 Å². The molecule has 1 saturated heterocycles. The van der Waals surface area contributed by atoms with Crippen LogP contribution in [0.25, 0.3) is 6.08 Å². The Labute approximate surface area is 213 Å². The molecule has 5 aliphatic rings. The van der Waals surface area contributed by atoms with E-state index in [-0.39, 0.29) is 23.1 Å². The van der Waals surface area contributed by atoms with Gasteiger partial charge in [0.05, 0.1) is 18.6 Å². The van der Waals surface area contributed by atoms with Gasteiger partial charge in [-0.2, -0.15) is 0 Å². The Hall–Kier alpha value is -2.05. The van der Waals surface area contributed by atoms with Gasteiger partial charge in [0.1, 0.15) is 5.75 Å². The van der Waals surface area contributed by atoms with Crippen molar-refractivity contribution in [2.24, 2.45) is 17.8 Å².